The molecule has 0 unspecified atom stereocenters. The predicted octanol–water partition coefficient (Wildman–Crippen LogP) is 1.61. The van der Waals surface area contributed by atoms with Gasteiger partial charge in [0, 0.05) is 6.04 Å². The third-order valence-electron chi connectivity index (χ3n) is 3.93. The zero-order valence-corrected chi connectivity index (χ0v) is 14.9. The highest BCUT2D eigenvalue weighted by Gasteiger charge is 2.26. The van der Waals surface area contributed by atoms with Gasteiger partial charge in [0.2, 0.25) is 9.84 Å². The number of halogens is 2. The van der Waals surface area contributed by atoms with E-state index in [0.29, 0.717) is 0 Å². The van der Waals surface area contributed by atoms with Crippen molar-refractivity contribution in [2.45, 2.75) is 42.4 Å². The van der Waals surface area contributed by atoms with E-state index in [2.05, 4.69) is 5.32 Å². The molecule has 0 aromatic heterocycles. The number of alkyl halides is 2. The summed E-state index contributed by atoms with van der Waals surface area (Å²) in [6.07, 6.45) is 3.70. The zero-order chi connectivity index (χ0) is 20.0. The Labute approximate surface area is 154 Å². The summed E-state index contributed by atoms with van der Waals surface area (Å²) in [6, 6.07) is 3.00. The van der Waals surface area contributed by atoms with Crippen molar-refractivity contribution < 1.29 is 36.3 Å². The summed E-state index contributed by atoms with van der Waals surface area (Å²) in [7, 11) is -4.76. The summed E-state index contributed by atoms with van der Waals surface area (Å²) in [5.74, 6) is -5.38. The first kappa shape index (κ1) is 20.7. The van der Waals surface area contributed by atoms with Gasteiger partial charge < -0.3 is 10.1 Å². The van der Waals surface area contributed by atoms with Gasteiger partial charge in [0.05, 0.1) is 10.5 Å². The highest BCUT2D eigenvalue weighted by atomic mass is 32.2. The third-order valence-corrected chi connectivity index (χ3v) is 5.33. The number of rotatable bonds is 6. The highest BCUT2D eigenvalue weighted by Crippen LogP contribution is 2.19. The number of sulfone groups is 1. The van der Waals surface area contributed by atoms with E-state index in [9.17, 15) is 31.6 Å². The maximum atomic E-state index is 12.4. The number of carbonyl (C=O) groups excluding carboxylic acids is 3. The lowest BCUT2D eigenvalue weighted by molar-refractivity contribution is -0.123. The second-order valence-corrected chi connectivity index (χ2v) is 7.83. The smallest absolute Gasteiger partial charge is 0.341 e. The number of hydrogen-bond donors (Lipinski definition) is 2. The van der Waals surface area contributed by atoms with Crippen molar-refractivity contribution in [1.82, 2.24) is 10.6 Å². The molecular weight excluding hydrogens is 386 g/mol. The van der Waals surface area contributed by atoms with E-state index in [0.717, 1.165) is 49.9 Å². The summed E-state index contributed by atoms with van der Waals surface area (Å²) < 4.78 is 52.2. The Bertz CT molecular complexity index is 805. The largest absolute Gasteiger partial charge is 0.452 e. The number of imide groups is 1. The summed E-state index contributed by atoms with van der Waals surface area (Å²) in [5, 5.41) is 4.66. The van der Waals surface area contributed by atoms with Crippen LogP contribution in [0.5, 0.6) is 0 Å². The van der Waals surface area contributed by atoms with Gasteiger partial charge in [-0.2, -0.15) is 8.78 Å². The van der Waals surface area contributed by atoms with Crippen molar-refractivity contribution in [3.05, 3.63) is 29.8 Å². The standard InChI is InChI=1S/C16H18F2N2O6S/c17-15(18)27(24,25)12-7-5-10(6-8-12)14(22)26-9-13(21)20-16(23)19-11-3-1-2-4-11/h5-8,11,15H,1-4,9H2,(H2,19,20,21,23). The van der Waals surface area contributed by atoms with Crippen molar-refractivity contribution >= 4 is 27.7 Å². The van der Waals surface area contributed by atoms with Gasteiger partial charge in [0.25, 0.3) is 5.91 Å². The molecule has 8 nitrogen and oxygen atoms in total. The Morgan fingerprint density at radius 2 is 1.70 bits per heavy atom. The Morgan fingerprint density at radius 1 is 1.11 bits per heavy atom. The number of amides is 3. The molecule has 27 heavy (non-hydrogen) atoms. The highest BCUT2D eigenvalue weighted by molar-refractivity contribution is 7.91. The topological polar surface area (TPSA) is 119 Å². The molecule has 1 aliphatic carbocycles. The molecule has 1 aromatic rings. The number of esters is 1. The number of benzene rings is 1. The van der Waals surface area contributed by atoms with Crippen LogP contribution in [0.1, 0.15) is 36.0 Å². The van der Waals surface area contributed by atoms with Crippen molar-refractivity contribution in [3.8, 4) is 0 Å². The Balaban J connectivity index is 1.82. The van der Waals surface area contributed by atoms with Crippen molar-refractivity contribution in [2.75, 3.05) is 6.61 Å². The van der Waals surface area contributed by atoms with Gasteiger partial charge in [-0.1, -0.05) is 12.8 Å². The molecule has 3 amide bonds. The maximum Gasteiger partial charge on any atom is 0.341 e. The molecule has 2 rings (SSSR count). The van der Waals surface area contributed by atoms with Crippen LogP contribution < -0.4 is 10.6 Å². The average Bonchev–Trinajstić information content (AvgIpc) is 3.12. The molecule has 1 aliphatic rings. The van der Waals surface area contributed by atoms with Crippen LogP contribution in [0.4, 0.5) is 13.6 Å². The Kier molecular flexibility index (Phi) is 6.83. The summed E-state index contributed by atoms with van der Waals surface area (Å²) in [4.78, 5) is 34.4. The quantitative estimate of drug-likeness (QED) is 0.696. The van der Waals surface area contributed by atoms with Gasteiger partial charge in [-0.3, -0.25) is 10.1 Å². The fraction of sp³-hybridized carbons (Fsp3) is 0.438. The molecule has 2 N–H and O–H groups in total. The van der Waals surface area contributed by atoms with Crippen molar-refractivity contribution in [3.63, 3.8) is 0 Å². The number of carbonyl (C=O) groups is 3. The van der Waals surface area contributed by atoms with E-state index in [-0.39, 0.29) is 11.6 Å². The minimum atomic E-state index is -4.76. The first-order chi connectivity index (χ1) is 12.7. The molecule has 0 spiro atoms. The molecule has 1 aromatic carbocycles. The normalized spacial score (nSPS) is 14.8. The Hall–Kier alpha value is -2.56. The van der Waals surface area contributed by atoms with Crippen LogP contribution in [0.2, 0.25) is 0 Å². The summed E-state index contributed by atoms with van der Waals surface area (Å²) in [6.45, 7) is -0.728. The van der Waals surface area contributed by atoms with Crippen LogP contribution in [-0.4, -0.2) is 44.7 Å². The van der Waals surface area contributed by atoms with E-state index in [1.165, 1.54) is 0 Å². The molecule has 0 saturated heterocycles. The minimum Gasteiger partial charge on any atom is -0.452 e. The van der Waals surface area contributed by atoms with Crippen molar-refractivity contribution in [1.29, 1.82) is 0 Å². The minimum absolute atomic E-state index is 0.0170. The molecule has 0 radical (unpaired) electrons. The second kappa shape index (κ2) is 8.89. The van der Waals surface area contributed by atoms with Gasteiger partial charge >= 0.3 is 17.8 Å². The lowest BCUT2D eigenvalue weighted by Crippen LogP contribution is -2.44. The van der Waals surface area contributed by atoms with Crippen molar-refractivity contribution in [2.24, 2.45) is 0 Å². The van der Waals surface area contributed by atoms with Gasteiger partial charge in [-0.15, -0.1) is 0 Å². The SMILES string of the molecule is O=C(COC(=O)c1ccc(S(=O)(=O)C(F)F)cc1)NC(=O)NC1CCCC1. The molecule has 0 bridgehead atoms. The monoisotopic (exact) mass is 404 g/mol. The van der Waals surface area contributed by atoms with E-state index >= 15 is 0 Å². The number of ether oxygens (including phenoxy) is 1. The van der Waals surface area contributed by atoms with Gasteiger partial charge in [0.1, 0.15) is 0 Å². The first-order valence-electron chi connectivity index (χ1n) is 8.09. The maximum absolute atomic E-state index is 12.4. The molecular formula is C16H18F2N2O6S. The molecule has 0 aliphatic heterocycles. The van der Waals surface area contributed by atoms with Crippen LogP contribution in [0, 0.1) is 0 Å². The van der Waals surface area contributed by atoms with E-state index in [1.54, 1.807) is 0 Å². The summed E-state index contributed by atoms with van der Waals surface area (Å²) >= 11 is 0. The lowest BCUT2D eigenvalue weighted by atomic mass is 10.2. The van der Waals surface area contributed by atoms with Crippen LogP contribution in [0.25, 0.3) is 0 Å². The number of nitrogens with one attached hydrogen (secondary N) is 2. The number of urea groups is 1. The Morgan fingerprint density at radius 3 is 2.26 bits per heavy atom. The predicted molar refractivity (Wildman–Crippen MR) is 88.8 cm³/mol. The molecule has 148 valence electrons. The van der Waals surface area contributed by atoms with Gasteiger partial charge in [-0.25, -0.2) is 18.0 Å². The molecule has 1 fully saturated rings. The zero-order valence-electron chi connectivity index (χ0n) is 14.1. The van der Waals surface area contributed by atoms with Gasteiger partial charge in [0.15, 0.2) is 6.61 Å². The van der Waals surface area contributed by atoms with E-state index in [1.807, 2.05) is 5.32 Å². The molecule has 1 saturated carbocycles. The van der Waals surface area contributed by atoms with Crippen LogP contribution in [0.3, 0.4) is 0 Å². The fourth-order valence-corrected chi connectivity index (χ4v) is 3.27. The summed E-state index contributed by atoms with van der Waals surface area (Å²) in [5.41, 5.74) is -0.133. The van der Waals surface area contributed by atoms with Crippen LogP contribution in [-0.2, 0) is 19.4 Å². The fourth-order valence-electron chi connectivity index (χ4n) is 2.55. The van der Waals surface area contributed by atoms with Gasteiger partial charge in [-0.05, 0) is 37.1 Å². The van der Waals surface area contributed by atoms with Crippen LogP contribution >= 0.6 is 0 Å². The number of hydrogen-bond acceptors (Lipinski definition) is 6. The second-order valence-electron chi connectivity index (χ2n) is 5.91. The van der Waals surface area contributed by atoms with E-state index in [4.69, 9.17) is 4.74 Å². The molecule has 0 atom stereocenters. The average molecular weight is 404 g/mol. The first-order valence-corrected chi connectivity index (χ1v) is 9.64. The molecule has 0 heterocycles. The third kappa shape index (κ3) is 5.71. The molecule has 11 heteroatoms. The lowest BCUT2D eigenvalue weighted by Gasteiger charge is -2.12. The van der Waals surface area contributed by atoms with E-state index < -0.39 is 45.0 Å². The van der Waals surface area contributed by atoms with Crippen LogP contribution in [0.15, 0.2) is 29.2 Å².